The topological polar surface area (TPSA) is 34.4 Å². The van der Waals surface area contributed by atoms with Crippen molar-refractivity contribution in [2.45, 2.75) is 45.8 Å². The molecular weight excluding hydrogens is 262 g/mol. The summed E-state index contributed by atoms with van der Waals surface area (Å²) >= 11 is 0. The second-order valence-electron chi connectivity index (χ2n) is 5.58. The van der Waals surface area contributed by atoms with Crippen molar-refractivity contribution in [2.24, 2.45) is 0 Å². The van der Waals surface area contributed by atoms with Crippen LogP contribution in [0.5, 0.6) is 5.75 Å². The largest absolute Gasteiger partial charge is 0.491 e. The lowest BCUT2D eigenvalue weighted by Gasteiger charge is -2.20. The van der Waals surface area contributed by atoms with Gasteiger partial charge in [0.25, 0.3) is 0 Å². The molecule has 2 rings (SSSR count). The third kappa shape index (κ3) is 4.94. The highest BCUT2D eigenvalue weighted by molar-refractivity contribution is 5.31. The van der Waals surface area contributed by atoms with Crippen molar-refractivity contribution in [3.05, 3.63) is 54.0 Å². The molecule has 3 heteroatoms. The van der Waals surface area contributed by atoms with Gasteiger partial charge in [0, 0.05) is 6.04 Å². The van der Waals surface area contributed by atoms with Gasteiger partial charge in [-0.15, -0.1) is 0 Å². The fraction of sp³-hybridized carbons (Fsp3) is 0.444. The third-order valence-electron chi connectivity index (χ3n) is 3.29. The summed E-state index contributed by atoms with van der Waals surface area (Å²) in [7, 11) is 0. The molecule has 114 valence electrons. The highest BCUT2D eigenvalue weighted by atomic mass is 16.5. The van der Waals surface area contributed by atoms with Crippen molar-refractivity contribution in [3.63, 3.8) is 0 Å². The number of nitrogens with one attached hydrogen (secondary N) is 1. The van der Waals surface area contributed by atoms with Crippen LogP contribution in [0.15, 0.2) is 47.3 Å². The van der Waals surface area contributed by atoms with Crippen LogP contribution in [-0.2, 0) is 6.42 Å². The molecule has 0 aliphatic carbocycles. The molecule has 1 atom stereocenters. The van der Waals surface area contributed by atoms with Crippen LogP contribution in [0.25, 0.3) is 0 Å². The van der Waals surface area contributed by atoms with E-state index in [0.717, 1.165) is 25.1 Å². The minimum atomic E-state index is 0.191. The summed E-state index contributed by atoms with van der Waals surface area (Å²) in [6.07, 6.45) is 5.77. The van der Waals surface area contributed by atoms with E-state index in [-0.39, 0.29) is 12.1 Å². The van der Waals surface area contributed by atoms with Gasteiger partial charge in [0.05, 0.1) is 18.6 Å². The summed E-state index contributed by atoms with van der Waals surface area (Å²) in [4.78, 5) is 0. The fourth-order valence-corrected chi connectivity index (χ4v) is 2.35. The van der Waals surface area contributed by atoms with Gasteiger partial charge >= 0.3 is 0 Å². The van der Waals surface area contributed by atoms with Crippen LogP contribution >= 0.6 is 0 Å². The van der Waals surface area contributed by atoms with Crippen molar-refractivity contribution in [2.75, 3.05) is 6.54 Å². The summed E-state index contributed by atoms with van der Waals surface area (Å²) in [5.74, 6) is 0.929. The zero-order valence-corrected chi connectivity index (χ0v) is 13.1. The van der Waals surface area contributed by atoms with Gasteiger partial charge in [-0.05, 0) is 62.6 Å². The Bertz CT molecular complexity index is 520. The van der Waals surface area contributed by atoms with E-state index in [1.165, 1.54) is 11.1 Å². The molecule has 1 aromatic heterocycles. The first-order valence-corrected chi connectivity index (χ1v) is 7.70. The van der Waals surface area contributed by atoms with Crippen LogP contribution in [0.4, 0.5) is 0 Å². The monoisotopic (exact) mass is 287 g/mol. The van der Waals surface area contributed by atoms with Gasteiger partial charge in [-0.2, -0.15) is 0 Å². The summed E-state index contributed by atoms with van der Waals surface area (Å²) in [5.41, 5.74) is 2.46. The van der Waals surface area contributed by atoms with E-state index in [0.29, 0.717) is 0 Å². The average molecular weight is 287 g/mol. The van der Waals surface area contributed by atoms with Crippen LogP contribution < -0.4 is 10.1 Å². The molecule has 1 heterocycles. The molecule has 0 bridgehead atoms. The number of hydrogen-bond acceptors (Lipinski definition) is 3. The van der Waals surface area contributed by atoms with E-state index in [1.54, 1.807) is 6.26 Å². The second-order valence-corrected chi connectivity index (χ2v) is 5.58. The first-order chi connectivity index (χ1) is 10.2. The normalized spacial score (nSPS) is 12.6. The minimum Gasteiger partial charge on any atom is -0.491 e. The van der Waals surface area contributed by atoms with Crippen LogP contribution in [0.2, 0.25) is 0 Å². The van der Waals surface area contributed by atoms with Crippen molar-refractivity contribution < 1.29 is 9.15 Å². The van der Waals surface area contributed by atoms with E-state index >= 15 is 0 Å². The summed E-state index contributed by atoms with van der Waals surface area (Å²) in [6, 6.07) is 10.7. The zero-order valence-electron chi connectivity index (χ0n) is 13.1. The molecule has 0 radical (unpaired) electrons. The molecule has 3 nitrogen and oxygen atoms in total. The molecule has 1 unspecified atom stereocenters. The third-order valence-corrected chi connectivity index (χ3v) is 3.29. The zero-order chi connectivity index (χ0) is 15.1. The van der Waals surface area contributed by atoms with Crippen molar-refractivity contribution in [1.29, 1.82) is 0 Å². The summed E-state index contributed by atoms with van der Waals surface area (Å²) < 4.78 is 11.0. The van der Waals surface area contributed by atoms with E-state index in [2.05, 4.69) is 30.4 Å². The Labute approximate surface area is 127 Å². The highest BCUT2D eigenvalue weighted by Gasteiger charge is 2.13. The van der Waals surface area contributed by atoms with Crippen molar-refractivity contribution in [3.8, 4) is 5.75 Å². The maximum Gasteiger partial charge on any atom is 0.120 e. The number of rotatable bonds is 8. The van der Waals surface area contributed by atoms with E-state index in [4.69, 9.17) is 9.15 Å². The highest BCUT2D eigenvalue weighted by Crippen LogP contribution is 2.23. The quantitative estimate of drug-likeness (QED) is 0.783. The van der Waals surface area contributed by atoms with Gasteiger partial charge in [-0.1, -0.05) is 19.1 Å². The Morgan fingerprint density at radius 2 is 2.10 bits per heavy atom. The maximum absolute atomic E-state index is 5.80. The number of benzene rings is 1. The Kier molecular flexibility index (Phi) is 5.88. The SMILES string of the molecule is CCCNC(Cc1ccoc1)c1cccc(OC(C)C)c1. The smallest absolute Gasteiger partial charge is 0.120 e. The van der Waals surface area contributed by atoms with Crippen LogP contribution in [0.1, 0.15) is 44.4 Å². The van der Waals surface area contributed by atoms with Crippen molar-refractivity contribution >= 4 is 0 Å². The second kappa shape index (κ2) is 7.89. The molecule has 0 spiro atoms. The van der Waals surface area contributed by atoms with E-state index < -0.39 is 0 Å². The Morgan fingerprint density at radius 1 is 1.24 bits per heavy atom. The predicted molar refractivity (Wildman–Crippen MR) is 85.7 cm³/mol. The summed E-state index contributed by atoms with van der Waals surface area (Å²) in [6.45, 7) is 7.27. The van der Waals surface area contributed by atoms with E-state index in [1.807, 2.05) is 32.2 Å². The Hall–Kier alpha value is -1.74. The Balaban J connectivity index is 2.14. The van der Waals surface area contributed by atoms with Gasteiger partial charge in [0.2, 0.25) is 0 Å². The molecule has 1 N–H and O–H groups in total. The Morgan fingerprint density at radius 3 is 2.76 bits per heavy atom. The number of hydrogen-bond donors (Lipinski definition) is 1. The standard InChI is InChI=1S/C18H25NO2/c1-4-9-19-18(11-15-8-10-20-13-15)16-6-5-7-17(12-16)21-14(2)3/h5-8,10,12-14,18-19H,4,9,11H2,1-3H3. The molecule has 21 heavy (non-hydrogen) atoms. The van der Waals surface area contributed by atoms with Crippen LogP contribution in [0, 0.1) is 0 Å². The van der Waals surface area contributed by atoms with Gasteiger partial charge < -0.3 is 14.5 Å². The lowest BCUT2D eigenvalue weighted by Crippen LogP contribution is -2.24. The maximum atomic E-state index is 5.80. The lowest BCUT2D eigenvalue weighted by atomic mass is 10.00. The molecular formula is C18H25NO2. The molecule has 0 fully saturated rings. The number of ether oxygens (including phenoxy) is 1. The predicted octanol–water partition coefficient (Wildman–Crippen LogP) is 4.35. The molecule has 0 amide bonds. The average Bonchev–Trinajstić information content (AvgIpc) is 2.96. The van der Waals surface area contributed by atoms with Crippen molar-refractivity contribution in [1.82, 2.24) is 5.32 Å². The molecule has 0 saturated heterocycles. The molecule has 0 aliphatic heterocycles. The summed E-state index contributed by atoms with van der Waals surface area (Å²) in [5, 5.41) is 3.61. The van der Waals surface area contributed by atoms with E-state index in [9.17, 15) is 0 Å². The number of furan rings is 1. The molecule has 0 saturated carbocycles. The first kappa shape index (κ1) is 15.6. The molecule has 1 aromatic carbocycles. The molecule has 2 aromatic rings. The van der Waals surface area contributed by atoms with Gasteiger partial charge in [0.15, 0.2) is 0 Å². The lowest BCUT2D eigenvalue weighted by molar-refractivity contribution is 0.242. The van der Waals surface area contributed by atoms with Gasteiger partial charge in [0.1, 0.15) is 5.75 Å². The molecule has 0 aliphatic rings. The fourth-order valence-electron chi connectivity index (χ4n) is 2.35. The minimum absolute atomic E-state index is 0.191. The van der Waals surface area contributed by atoms with Crippen LogP contribution in [0.3, 0.4) is 0 Å². The van der Waals surface area contributed by atoms with Gasteiger partial charge in [-0.3, -0.25) is 0 Å². The van der Waals surface area contributed by atoms with Gasteiger partial charge in [-0.25, -0.2) is 0 Å². The first-order valence-electron chi connectivity index (χ1n) is 7.70. The van der Waals surface area contributed by atoms with Crippen LogP contribution in [-0.4, -0.2) is 12.6 Å².